The van der Waals surface area contributed by atoms with E-state index in [4.69, 9.17) is 0 Å². The van der Waals surface area contributed by atoms with Crippen LogP contribution in [0.15, 0.2) is 53.6 Å². The Morgan fingerprint density at radius 2 is 1.70 bits per heavy atom. The van der Waals surface area contributed by atoms with Gasteiger partial charge in [-0.2, -0.15) is 0 Å². The van der Waals surface area contributed by atoms with Crippen LogP contribution in [0.2, 0.25) is 0 Å². The predicted octanol–water partition coefficient (Wildman–Crippen LogP) is 6.23. The molecule has 37 heavy (non-hydrogen) atoms. The third kappa shape index (κ3) is 4.14. The van der Waals surface area contributed by atoms with Crippen molar-refractivity contribution >= 4 is 5.91 Å². The van der Waals surface area contributed by atoms with Crippen molar-refractivity contribution in [2.75, 3.05) is 14.1 Å². The Bertz CT molecular complexity index is 1090. The average molecular weight is 505 g/mol. The third-order valence-electron chi connectivity index (χ3n) is 11.8. The van der Waals surface area contributed by atoms with Gasteiger partial charge < -0.3 is 15.3 Å². The lowest BCUT2D eigenvalue weighted by Crippen LogP contribution is -2.51. The van der Waals surface area contributed by atoms with Gasteiger partial charge in [-0.25, -0.2) is 0 Å². The molecule has 0 radical (unpaired) electrons. The summed E-state index contributed by atoms with van der Waals surface area (Å²) in [5, 5.41) is 14.8. The van der Waals surface area contributed by atoms with Crippen LogP contribution in [0, 0.1) is 34.0 Å². The highest BCUT2D eigenvalue weighted by Gasteiger charge is 2.64. The normalized spacial score (nSPS) is 39.4. The molecule has 4 aliphatic carbocycles. The molecule has 0 spiro atoms. The number of aliphatic hydroxyl groups excluding tert-OH is 1. The maximum Gasteiger partial charge on any atom is 0.251 e. The maximum absolute atomic E-state index is 13.0. The summed E-state index contributed by atoms with van der Waals surface area (Å²) in [5.41, 5.74) is 3.99. The summed E-state index contributed by atoms with van der Waals surface area (Å²) < 4.78 is 0. The minimum Gasteiger partial charge on any atom is -0.393 e. The number of nitrogens with zero attached hydrogens (tertiary/aromatic N) is 1. The van der Waals surface area contributed by atoms with Crippen molar-refractivity contribution in [1.29, 1.82) is 0 Å². The second kappa shape index (κ2) is 9.38. The van der Waals surface area contributed by atoms with Gasteiger partial charge in [-0.15, -0.1) is 0 Å². The van der Waals surface area contributed by atoms with Gasteiger partial charge in [0, 0.05) is 23.6 Å². The molecule has 8 atom stereocenters. The van der Waals surface area contributed by atoms with Crippen LogP contribution in [0.3, 0.4) is 0 Å². The number of amides is 1. The second-order valence-corrected chi connectivity index (χ2v) is 13.9. The molecule has 0 saturated heterocycles. The highest BCUT2D eigenvalue weighted by atomic mass is 16.3. The van der Waals surface area contributed by atoms with E-state index in [0.29, 0.717) is 17.9 Å². The number of benzene rings is 1. The van der Waals surface area contributed by atoms with Gasteiger partial charge >= 0.3 is 0 Å². The Balaban J connectivity index is 1.40. The van der Waals surface area contributed by atoms with Crippen molar-refractivity contribution in [3.63, 3.8) is 0 Å². The molecule has 4 nitrogen and oxygen atoms in total. The molecule has 5 rings (SSSR count). The third-order valence-corrected chi connectivity index (χ3v) is 11.8. The first kappa shape index (κ1) is 26.7. The van der Waals surface area contributed by atoms with Crippen molar-refractivity contribution in [3.05, 3.63) is 59.2 Å². The highest BCUT2D eigenvalue weighted by Crippen LogP contribution is 2.68. The van der Waals surface area contributed by atoms with E-state index in [9.17, 15) is 9.90 Å². The van der Waals surface area contributed by atoms with E-state index >= 15 is 0 Å². The number of nitrogens with one attached hydrogen (secondary N) is 1. The number of carbonyl (C=O) groups excluding carboxylic acids is 1. The molecule has 2 fully saturated rings. The molecule has 202 valence electrons. The first-order valence-corrected chi connectivity index (χ1v) is 14.5. The number of hydrogen-bond acceptors (Lipinski definition) is 3. The molecule has 2 saturated carbocycles. The fourth-order valence-corrected chi connectivity index (χ4v) is 9.11. The summed E-state index contributed by atoms with van der Waals surface area (Å²) in [6, 6.07) is 10.1. The van der Waals surface area contributed by atoms with Crippen LogP contribution >= 0.6 is 0 Å². The van der Waals surface area contributed by atoms with Gasteiger partial charge in [-0.3, -0.25) is 4.79 Å². The number of hydrogen-bond donors (Lipinski definition) is 2. The minimum atomic E-state index is -0.257. The van der Waals surface area contributed by atoms with Crippen LogP contribution in [0.25, 0.3) is 0 Å². The largest absolute Gasteiger partial charge is 0.393 e. The van der Waals surface area contributed by atoms with Crippen LogP contribution in [0.4, 0.5) is 0 Å². The highest BCUT2D eigenvalue weighted by molar-refractivity contribution is 5.94. The lowest BCUT2D eigenvalue weighted by molar-refractivity contribution is -0.0228. The van der Waals surface area contributed by atoms with E-state index < -0.39 is 0 Å². The van der Waals surface area contributed by atoms with Crippen LogP contribution in [-0.4, -0.2) is 48.2 Å². The first-order chi connectivity index (χ1) is 17.4. The van der Waals surface area contributed by atoms with Gasteiger partial charge in [0.2, 0.25) is 0 Å². The van der Waals surface area contributed by atoms with Gasteiger partial charge in [0.15, 0.2) is 0 Å². The lowest BCUT2D eigenvalue weighted by Gasteiger charge is -2.53. The van der Waals surface area contributed by atoms with Crippen molar-refractivity contribution < 1.29 is 9.90 Å². The van der Waals surface area contributed by atoms with E-state index in [2.05, 4.69) is 71.1 Å². The van der Waals surface area contributed by atoms with E-state index in [1.54, 1.807) is 5.57 Å². The number of aliphatic hydroxyl groups is 1. The standard InChI is InChI=1S/C33H48N2O2/c1-21(35(6)7)29-27(36)20-33(5)26-15-14-25-23(19-24(26)17-18-32(29,33)4)13-16-28(31(25,2)3)34-30(37)22-11-9-8-10-12-22/h8-12,17,19,21,25-29,36H,13-16,18,20H2,1-7H3,(H,34,37)/t21-,25+,26+,27+,28-,29-,32+,33-/m0/s1. The smallest absolute Gasteiger partial charge is 0.251 e. The topological polar surface area (TPSA) is 52.6 Å². The van der Waals surface area contributed by atoms with Crippen molar-refractivity contribution in [3.8, 4) is 0 Å². The van der Waals surface area contributed by atoms with Gasteiger partial charge in [-0.05, 0) is 105 Å². The van der Waals surface area contributed by atoms with Gasteiger partial charge in [0.05, 0.1) is 6.10 Å². The molecule has 4 heteroatoms. The zero-order valence-corrected chi connectivity index (χ0v) is 24.1. The molecule has 0 aliphatic heterocycles. The summed E-state index contributed by atoms with van der Waals surface area (Å²) >= 11 is 0. The minimum absolute atomic E-state index is 0.00997. The summed E-state index contributed by atoms with van der Waals surface area (Å²) in [6.45, 7) is 12.0. The molecule has 0 bridgehead atoms. The first-order valence-electron chi connectivity index (χ1n) is 14.5. The summed E-state index contributed by atoms with van der Waals surface area (Å²) in [6.07, 6.45) is 11.1. The van der Waals surface area contributed by atoms with Gasteiger partial charge in [0.25, 0.3) is 5.91 Å². The van der Waals surface area contributed by atoms with E-state index in [1.807, 2.05) is 30.3 Å². The summed E-state index contributed by atoms with van der Waals surface area (Å²) in [7, 11) is 4.30. The van der Waals surface area contributed by atoms with Gasteiger partial charge in [-0.1, -0.05) is 63.6 Å². The van der Waals surface area contributed by atoms with Crippen molar-refractivity contribution in [2.45, 2.75) is 91.3 Å². The number of fused-ring (bicyclic) bond motifs is 4. The predicted molar refractivity (Wildman–Crippen MR) is 151 cm³/mol. The van der Waals surface area contributed by atoms with E-state index in [0.717, 1.165) is 44.1 Å². The molecule has 0 heterocycles. The van der Waals surface area contributed by atoms with Crippen LogP contribution in [0.5, 0.6) is 0 Å². The number of rotatable bonds is 4. The fraction of sp³-hybridized carbons (Fsp3) is 0.667. The molecule has 1 amide bonds. The molecule has 1 aromatic rings. The molecule has 0 unspecified atom stereocenters. The molecule has 0 aromatic heterocycles. The van der Waals surface area contributed by atoms with Crippen LogP contribution < -0.4 is 5.32 Å². The van der Waals surface area contributed by atoms with E-state index in [-0.39, 0.29) is 40.2 Å². The van der Waals surface area contributed by atoms with E-state index in [1.165, 1.54) is 5.57 Å². The maximum atomic E-state index is 13.0. The van der Waals surface area contributed by atoms with Crippen LogP contribution in [-0.2, 0) is 0 Å². The van der Waals surface area contributed by atoms with Crippen LogP contribution in [0.1, 0.15) is 83.5 Å². The quantitative estimate of drug-likeness (QED) is 0.511. The Kier molecular flexibility index (Phi) is 6.76. The summed E-state index contributed by atoms with van der Waals surface area (Å²) in [5.74, 6) is 1.26. The zero-order valence-electron chi connectivity index (χ0n) is 24.1. The molecule has 1 aromatic carbocycles. The van der Waals surface area contributed by atoms with Crippen molar-refractivity contribution in [2.24, 2.45) is 34.0 Å². The summed E-state index contributed by atoms with van der Waals surface area (Å²) in [4.78, 5) is 15.3. The Hall–Kier alpha value is -1.91. The second-order valence-electron chi connectivity index (χ2n) is 13.9. The Morgan fingerprint density at radius 1 is 1.03 bits per heavy atom. The number of allylic oxidation sites excluding steroid dienone is 4. The molecule has 4 aliphatic rings. The zero-order chi connectivity index (χ0) is 26.8. The lowest BCUT2D eigenvalue weighted by atomic mass is 9.51. The monoisotopic (exact) mass is 504 g/mol. The van der Waals surface area contributed by atoms with Gasteiger partial charge in [0.1, 0.15) is 0 Å². The fourth-order valence-electron chi connectivity index (χ4n) is 9.11. The molecular formula is C33H48N2O2. The average Bonchev–Trinajstić information content (AvgIpc) is 2.96. The molecular weight excluding hydrogens is 456 g/mol. The molecule has 2 N–H and O–H groups in total. The SMILES string of the molecule is C[C@@H]([C@H]1[C@H](O)C[C@@]2(C)[C@@H]3CC[C@@H]4C(=CC3=CC[C@]12C)CC[C@H](NC(=O)c1ccccc1)C4(C)C)N(C)C. The number of carbonyl (C=O) groups is 1. The Labute approximate surface area is 224 Å². The van der Waals surface area contributed by atoms with Crippen molar-refractivity contribution in [1.82, 2.24) is 10.2 Å². The Morgan fingerprint density at radius 3 is 2.38 bits per heavy atom.